The molecule has 2 aliphatic heterocycles. The van der Waals surface area contributed by atoms with Crippen LogP contribution >= 0.6 is 0 Å². The van der Waals surface area contributed by atoms with Gasteiger partial charge in [-0.3, -0.25) is 14.6 Å². The Morgan fingerprint density at radius 1 is 0.853 bits per heavy atom. The van der Waals surface area contributed by atoms with Gasteiger partial charge in [0, 0.05) is 37.2 Å². The van der Waals surface area contributed by atoms with Crippen LogP contribution in [0.2, 0.25) is 0 Å². The number of piperidine rings is 2. The molecule has 178 valence electrons. The molecule has 1 N–H and O–H groups in total. The minimum absolute atomic E-state index is 0.0983. The second-order valence-electron chi connectivity index (χ2n) is 9.47. The molecule has 1 amide bonds. The summed E-state index contributed by atoms with van der Waals surface area (Å²) in [6, 6.07) is 20.8. The van der Waals surface area contributed by atoms with Crippen molar-refractivity contribution >= 4 is 5.91 Å². The van der Waals surface area contributed by atoms with Crippen LogP contribution in [0.5, 0.6) is 0 Å². The van der Waals surface area contributed by atoms with Gasteiger partial charge < -0.3 is 9.84 Å². The first-order valence-corrected chi connectivity index (χ1v) is 12.4. The number of nitrogens with zero attached hydrogens (tertiary/aromatic N) is 4. The predicted octanol–water partition coefficient (Wildman–Crippen LogP) is 3.73. The van der Waals surface area contributed by atoms with Gasteiger partial charge in [-0.1, -0.05) is 65.8 Å². The monoisotopic (exact) mass is 459 g/mol. The number of aromatic nitrogens is 2. The third-order valence-corrected chi connectivity index (χ3v) is 7.00. The molecule has 2 saturated heterocycles. The van der Waals surface area contributed by atoms with E-state index in [4.69, 9.17) is 4.52 Å². The van der Waals surface area contributed by atoms with E-state index < -0.39 is 0 Å². The smallest absolute Gasteiger partial charge is 0.241 e. The van der Waals surface area contributed by atoms with Crippen molar-refractivity contribution in [3.8, 4) is 11.4 Å². The molecular formula is C27H33N5O2. The molecule has 3 aromatic rings. The Morgan fingerprint density at radius 3 is 2.18 bits per heavy atom. The lowest BCUT2D eigenvalue weighted by molar-refractivity contribution is -0.127. The van der Waals surface area contributed by atoms with E-state index in [2.05, 4.69) is 55.6 Å². The van der Waals surface area contributed by atoms with Gasteiger partial charge in [0.15, 0.2) is 0 Å². The largest absolute Gasteiger partial charge is 0.353 e. The molecule has 0 unspecified atom stereocenters. The minimum Gasteiger partial charge on any atom is -0.353 e. The lowest BCUT2D eigenvalue weighted by Gasteiger charge is -2.34. The molecule has 2 aromatic carbocycles. The molecule has 0 radical (unpaired) electrons. The molecule has 1 aromatic heterocycles. The molecule has 5 rings (SSSR count). The summed E-state index contributed by atoms with van der Waals surface area (Å²) < 4.78 is 5.46. The van der Waals surface area contributed by atoms with Crippen LogP contribution in [0.15, 0.2) is 65.2 Å². The van der Waals surface area contributed by atoms with Crippen LogP contribution in [0.25, 0.3) is 11.4 Å². The molecule has 2 aliphatic rings. The Kier molecular flexibility index (Phi) is 7.31. The van der Waals surface area contributed by atoms with Gasteiger partial charge in [0.05, 0.1) is 6.54 Å². The minimum atomic E-state index is 0.0983. The zero-order valence-electron chi connectivity index (χ0n) is 19.6. The fourth-order valence-corrected chi connectivity index (χ4v) is 4.96. The zero-order valence-corrected chi connectivity index (χ0v) is 19.6. The first-order valence-electron chi connectivity index (χ1n) is 12.4. The molecular weight excluding hydrogens is 426 g/mol. The van der Waals surface area contributed by atoms with Crippen LogP contribution in [-0.2, 0) is 17.9 Å². The Morgan fingerprint density at radius 2 is 1.47 bits per heavy atom. The lowest BCUT2D eigenvalue weighted by atomic mass is 9.94. The summed E-state index contributed by atoms with van der Waals surface area (Å²) in [7, 11) is 0. The van der Waals surface area contributed by atoms with Crippen molar-refractivity contribution in [3.05, 3.63) is 72.1 Å². The van der Waals surface area contributed by atoms with E-state index in [0.29, 0.717) is 24.3 Å². The van der Waals surface area contributed by atoms with E-state index >= 15 is 0 Å². The Labute approximate surface area is 201 Å². The summed E-state index contributed by atoms with van der Waals surface area (Å²) in [6.07, 6.45) is 3.80. The van der Waals surface area contributed by atoms with Gasteiger partial charge in [0.1, 0.15) is 0 Å². The highest BCUT2D eigenvalue weighted by atomic mass is 16.5. The van der Waals surface area contributed by atoms with Crippen molar-refractivity contribution in [1.82, 2.24) is 25.3 Å². The molecule has 3 heterocycles. The molecule has 0 aliphatic carbocycles. The number of hydrogen-bond acceptors (Lipinski definition) is 6. The second-order valence-corrected chi connectivity index (χ2v) is 9.47. The molecule has 7 nitrogen and oxygen atoms in total. The van der Waals surface area contributed by atoms with Crippen LogP contribution in [0.1, 0.15) is 37.1 Å². The molecule has 34 heavy (non-hydrogen) atoms. The fourth-order valence-electron chi connectivity index (χ4n) is 4.96. The van der Waals surface area contributed by atoms with Crippen molar-refractivity contribution in [2.45, 2.75) is 44.8 Å². The van der Waals surface area contributed by atoms with Gasteiger partial charge >= 0.3 is 0 Å². The van der Waals surface area contributed by atoms with Crippen molar-refractivity contribution in [3.63, 3.8) is 0 Å². The van der Waals surface area contributed by atoms with Gasteiger partial charge in [0.2, 0.25) is 17.6 Å². The maximum absolute atomic E-state index is 12.9. The van der Waals surface area contributed by atoms with E-state index in [1.165, 1.54) is 5.56 Å². The molecule has 0 atom stereocenters. The second kappa shape index (κ2) is 10.9. The highest BCUT2D eigenvalue weighted by Crippen LogP contribution is 2.22. The topological polar surface area (TPSA) is 74.5 Å². The van der Waals surface area contributed by atoms with Crippen LogP contribution in [0, 0.1) is 5.92 Å². The number of nitrogens with one attached hydrogen (secondary N) is 1. The fraction of sp³-hybridized carbons (Fsp3) is 0.444. The number of benzene rings is 2. The van der Waals surface area contributed by atoms with Gasteiger partial charge in [0.25, 0.3) is 0 Å². The van der Waals surface area contributed by atoms with Crippen LogP contribution in [0.4, 0.5) is 0 Å². The first kappa shape index (κ1) is 22.7. The first-order chi connectivity index (χ1) is 16.7. The summed E-state index contributed by atoms with van der Waals surface area (Å²) >= 11 is 0. The van der Waals surface area contributed by atoms with E-state index in [1.807, 2.05) is 30.3 Å². The SMILES string of the molecule is O=C(NC1CCN(Cc2ccccc2)CC1)C1CCN(Cc2nc(-c3ccccc3)no2)CC1. The zero-order chi connectivity index (χ0) is 23.2. The summed E-state index contributed by atoms with van der Waals surface area (Å²) in [5, 5.41) is 7.44. The third-order valence-electron chi connectivity index (χ3n) is 7.00. The molecule has 0 saturated carbocycles. The number of carbonyl (C=O) groups excluding carboxylic acids is 1. The van der Waals surface area contributed by atoms with Crippen molar-refractivity contribution in [2.24, 2.45) is 5.92 Å². The lowest BCUT2D eigenvalue weighted by Crippen LogP contribution is -2.47. The Bertz CT molecular complexity index is 1040. The standard InChI is InChI=1S/C27H33N5O2/c33-27(28-24-13-17-31(18-14-24)19-21-7-3-1-4-8-21)23-11-15-32(16-12-23)20-25-29-26(30-34-25)22-9-5-2-6-10-22/h1-10,23-24H,11-20H2,(H,28,33). The van der Waals surface area contributed by atoms with Crippen molar-refractivity contribution < 1.29 is 9.32 Å². The average molecular weight is 460 g/mol. The highest BCUT2D eigenvalue weighted by molar-refractivity contribution is 5.79. The van der Waals surface area contributed by atoms with Gasteiger partial charge in [-0.25, -0.2) is 0 Å². The number of likely N-dealkylation sites (tertiary alicyclic amines) is 2. The van der Waals surface area contributed by atoms with Gasteiger partial charge in [-0.15, -0.1) is 0 Å². The summed E-state index contributed by atoms with van der Waals surface area (Å²) in [5.41, 5.74) is 2.31. The van der Waals surface area contributed by atoms with Crippen LogP contribution < -0.4 is 5.32 Å². The van der Waals surface area contributed by atoms with E-state index in [1.54, 1.807) is 0 Å². The van der Waals surface area contributed by atoms with Crippen LogP contribution in [-0.4, -0.2) is 58.1 Å². The molecule has 2 fully saturated rings. The van der Waals surface area contributed by atoms with E-state index in [0.717, 1.165) is 64.0 Å². The summed E-state index contributed by atoms with van der Waals surface area (Å²) in [5.74, 6) is 1.58. The number of amides is 1. The summed E-state index contributed by atoms with van der Waals surface area (Å²) in [6.45, 7) is 5.44. The number of carbonyl (C=O) groups is 1. The van der Waals surface area contributed by atoms with E-state index in [-0.39, 0.29) is 11.8 Å². The van der Waals surface area contributed by atoms with Crippen molar-refractivity contribution in [2.75, 3.05) is 26.2 Å². The molecule has 7 heteroatoms. The van der Waals surface area contributed by atoms with Gasteiger partial charge in [-0.05, 0) is 44.3 Å². The predicted molar refractivity (Wildman–Crippen MR) is 131 cm³/mol. The third kappa shape index (κ3) is 5.90. The molecule has 0 bridgehead atoms. The van der Waals surface area contributed by atoms with Crippen molar-refractivity contribution in [1.29, 1.82) is 0 Å². The molecule has 0 spiro atoms. The maximum Gasteiger partial charge on any atom is 0.241 e. The van der Waals surface area contributed by atoms with E-state index in [9.17, 15) is 4.79 Å². The number of hydrogen-bond donors (Lipinski definition) is 1. The normalized spacial score (nSPS) is 18.7. The van der Waals surface area contributed by atoms with Gasteiger partial charge in [-0.2, -0.15) is 4.98 Å². The Balaban J connectivity index is 1.03. The summed E-state index contributed by atoms with van der Waals surface area (Å²) in [4.78, 5) is 22.2. The quantitative estimate of drug-likeness (QED) is 0.580. The van der Waals surface area contributed by atoms with Crippen LogP contribution in [0.3, 0.4) is 0 Å². The maximum atomic E-state index is 12.9. The average Bonchev–Trinajstić information content (AvgIpc) is 3.35. The highest BCUT2D eigenvalue weighted by Gasteiger charge is 2.28. The Hall–Kier alpha value is -3.03. The number of rotatable bonds is 7.